The maximum atomic E-state index is 13.7. The van der Waals surface area contributed by atoms with Crippen molar-refractivity contribution in [3.05, 3.63) is 52.1 Å². The highest BCUT2D eigenvalue weighted by Crippen LogP contribution is 2.35. The van der Waals surface area contributed by atoms with E-state index in [-0.39, 0.29) is 11.5 Å². The average Bonchev–Trinajstić information content (AvgIpc) is 3.31. The number of H-pyrrole nitrogens is 1. The van der Waals surface area contributed by atoms with Gasteiger partial charge in [0.1, 0.15) is 17.5 Å². The van der Waals surface area contributed by atoms with E-state index < -0.39 is 11.6 Å². The van der Waals surface area contributed by atoms with Crippen LogP contribution in [-0.4, -0.2) is 27.2 Å². The molecule has 5 nitrogen and oxygen atoms in total. The van der Waals surface area contributed by atoms with Gasteiger partial charge in [-0.2, -0.15) is 5.10 Å². The van der Waals surface area contributed by atoms with Gasteiger partial charge in [-0.15, -0.1) is 0 Å². The van der Waals surface area contributed by atoms with Gasteiger partial charge in [-0.25, -0.2) is 8.78 Å². The Labute approximate surface area is 148 Å². The van der Waals surface area contributed by atoms with E-state index in [1.807, 2.05) is 4.57 Å². The molecule has 0 atom stereocenters. The molecule has 0 unspecified atom stereocenters. The molecule has 3 rings (SSSR count). The summed E-state index contributed by atoms with van der Waals surface area (Å²) in [5, 5.41) is 9.72. The largest absolute Gasteiger partial charge is 0.352 e. The van der Waals surface area contributed by atoms with Gasteiger partial charge in [0.15, 0.2) is 4.77 Å². The Balaban J connectivity index is 1.58. The second kappa shape index (κ2) is 7.26. The van der Waals surface area contributed by atoms with Gasteiger partial charge in [-0.3, -0.25) is 9.89 Å². The second-order valence-electron chi connectivity index (χ2n) is 6.04. The van der Waals surface area contributed by atoms with Crippen LogP contribution in [0.5, 0.6) is 0 Å². The predicted molar refractivity (Wildman–Crippen MR) is 92.4 cm³/mol. The smallest absolute Gasteiger partial charge is 0.244 e. The highest BCUT2D eigenvalue weighted by molar-refractivity contribution is 7.71. The zero-order chi connectivity index (χ0) is 18.0. The summed E-state index contributed by atoms with van der Waals surface area (Å²) in [6.07, 6.45) is 4.04. The van der Waals surface area contributed by atoms with E-state index in [0.29, 0.717) is 29.4 Å². The average molecular weight is 364 g/mol. The molecule has 8 heteroatoms. The molecule has 0 bridgehead atoms. The molecule has 0 radical (unpaired) electrons. The van der Waals surface area contributed by atoms with Crippen molar-refractivity contribution in [2.75, 3.05) is 6.54 Å². The van der Waals surface area contributed by atoms with Crippen molar-refractivity contribution < 1.29 is 13.6 Å². The number of aromatic amines is 1. The number of allylic oxidation sites excluding steroid dienone is 1. The lowest BCUT2D eigenvalue weighted by Crippen LogP contribution is -2.25. The monoisotopic (exact) mass is 364 g/mol. The van der Waals surface area contributed by atoms with Crippen molar-refractivity contribution in [2.24, 2.45) is 0 Å². The summed E-state index contributed by atoms with van der Waals surface area (Å²) in [4.78, 5) is 12.0. The molecule has 132 valence electrons. The van der Waals surface area contributed by atoms with Crippen LogP contribution >= 0.6 is 12.2 Å². The molecule has 0 saturated heterocycles. The fourth-order valence-corrected chi connectivity index (χ4v) is 2.96. The Hall–Kier alpha value is -2.35. The number of carbonyl (C=O) groups is 1. The molecule has 2 aromatic rings. The number of nitrogens with zero attached hydrogens (tertiary/aromatic N) is 2. The highest BCUT2D eigenvalue weighted by Gasteiger charge is 2.26. The van der Waals surface area contributed by atoms with E-state index >= 15 is 0 Å². The molecule has 25 heavy (non-hydrogen) atoms. The fourth-order valence-electron chi connectivity index (χ4n) is 2.66. The number of halogens is 2. The van der Waals surface area contributed by atoms with Gasteiger partial charge in [-0.1, -0.05) is 0 Å². The summed E-state index contributed by atoms with van der Waals surface area (Å²) in [6.45, 7) is 2.00. The van der Waals surface area contributed by atoms with E-state index in [2.05, 4.69) is 15.5 Å². The maximum absolute atomic E-state index is 13.7. The third-order valence-corrected chi connectivity index (χ3v) is 4.33. The Morgan fingerprint density at radius 2 is 2.24 bits per heavy atom. The summed E-state index contributed by atoms with van der Waals surface area (Å²) in [5.74, 6) is -0.865. The van der Waals surface area contributed by atoms with Gasteiger partial charge in [0, 0.05) is 36.7 Å². The van der Waals surface area contributed by atoms with Crippen molar-refractivity contribution >= 4 is 23.7 Å². The lowest BCUT2D eigenvalue weighted by atomic mass is 10.1. The van der Waals surface area contributed by atoms with E-state index in [0.717, 1.165) is 30.8 Å². The number of benzene rings is 1. The van der Waals surface area contributed by atoms with Crippen molar-refractivity contribution in [3.8, 4) is 0 Å². The molecule has 2 N–H and O–H groups in total. The summed E-state index contributed by atoms with van der Waals surface area (Å²) in [6, 6.07) is 3.69. The molecule has 1 fully saturated rings. The van der Waals surface area contributed by atoms with Crippen LogP contribution in [0.4, 0.5) is 8.78 Å². The molecule has 1 aliphatic rings. The topological polar surface area (TPSA) is 62.7 Å². The van der Waals surface area contributed by atoms with Crippen LogP contribution in [0.2, 0.25) is 0 Å². The second-order valence-corrected chi connectivity index (χ2v) is 6.43. The van der Waals surface area contributed by atoms with Gasteiger partial charge >= 0.3 is 0 Å². The zero-order valence-corrected chi connectivity index (χ0v) is 14.5. The van der Waals surface area contributed by atoms with Gasteiger partial charge in [0.25, 0.3) is 0 Å². The number of nitrogens with one attached hydrogen (secondary N) is 2. The fraction of sp³-hybridized carbons (Fsp3) is 0.353. The first-order valence-corrected chi connectivity index (χ1v) is 8.44. The SMILES string of the molecule is CC(=CC(=O)NCCc1n[nH]c(=S)n1C1CC1)c1ccc(F)cc1F. The van der Waals surface area contributed by atoms with Crippen LogP contribution in [0.25, 0.3) is 5.57 Å². The molecular weight excluding hydrogens is 346 g/mol. The maximum Gasteiger partial charge on any atom is 0.244 e. The van der Waals surface area contributed by atoms with Crippen molar-refractivity contribution in [3.63, 3.8) is 0 Å². The molecule has 1 aromatic heterocycles. The number of rotatable bonds is 6. The summed E-state index contributed by atoms with van der Waals surface area (Å²) < 4.78 is 29.3. The van der Waals surface area contributed by atoms with Crippen molar-refractivity contribution in [2.45, 2.75) is 32.2 Å². The van der Waals surface area contributed by atoms with Crippen molar-refractivity contribution in [1.82, 2.24) is 20.1 Å². The van der Waals surface area contributed by atoms with Gasteiger partial charge in [0.2, 0.25) is 5.91 Å². The Morgan fingerprint density at radius 1 is 1.48 bits per heavy atom. The van der Waals surface area contributed by atoms with E-state index in [1.165, 1.54) is 12.1 Å². The van der Waals surface area contributed by atoms with Crippen LogP contribution in [-0.2, 0) is 11.2 Å². The third-order valence-electron chi connectivity index (χ3n) is 4.04. The molecular formula is C17H18F2N4OS. The first-order chi connectivity index (χ1) is 12.0. The minimum atomic E-state index is -0.693. The van der Waals surface area contributed by atoms with E-state index in [9.17, 15) is 13.6 Å². The normalized spacial score (nSPS) is 14.6. The predicted octanol–water partition coefficient (Wildman–Crippen LogP) is 3.32. The van der Waals surface area contributed by atoms with Crippen LogP contribution < -0.4 is 5.32 Å². The Kier molecular flexibility index (Phi) is 5.08. The summed E-state index contributed by atoms with van der Waals surface area (Å²) in [7, 11) is 0. The molecule has 1 saturated carbocycles. The Bertz CT molecular complexity index is 883. The van der Waals surface area contributed by atoms with E-state index in [4.69, 9.17) is 12.2 Å². The number of amides is 1. The minimum Gasteiger partial charge on any atom is -0.352 e. The van der Waals surface area contributed by atoms with Crippen LogP contribution in [0.3, 0.4) is 0 Å². The number of carbonyl (C=O) groups excluding carboxylic acids is 1. The lowest BCUT2D eigenvalue weighted by Gasteiger charge is -2.06. The third kappa shape index (κ3) is 4.19. The molecule has 1 aliphatic carbocycles. The molecule has 0 spiro atoms. The molecule has 1 aromatic carbocycles. The Morgan fingerprint density at radius 3 is 2.92 bits per heavy atom. The first-order valence-electron chi connectivity index (χ1n) is 8.03. The van der Waals surface area contributed by atoms with Crippen LogP contribution in [0.1, 0.15) is 37.2 Å². The number of aromatic nitrogens is 3. The molecule has 0 aliphatic heterocycles. The summed E-state index contributed by atoms with van der Waals surface area (Å²) in [5.41, 5.74) is 0.627. The van der Waals surface area contributed by atoms with Crippen LogP contribution in [0.15, 0.2) is 24.3 Å². The summed E-state index contributed by atoms with van der Waals surface area (Å²) >= 11 is 5.21. The van der Waals surface area contributed by atoms with Gasteiger partial charge in [-0.05, 0) is 49.7 Å². The number of hydrogen-bond donors (Lipinski definition) is 2. The highest BCUT2D eigenvalue weighted by atomic mass is 32.1. The zero-order valence-electron chi connectivity index (χ0n) is 13.7. The molecule has 1 heterocycles. The quantitative estimate of drug-likeness (QED) is 0.611. The minimum absolute atomic E-state index is 0.200. The van der Waals surface area contributed by atoms with E-state index in [1.54, 1.807) is 6.92 Å². The number of hydrogen-bond acceptors (Lipinski definition) is 3. The van der Waals surface area contributed by atoms with Gasteiger partial charge in [0.05, 0.1) is 0 Å². The first kappa shape index (κ1) is 17.5. The standard InChI is InChI=1S/C17H18F2N4OS/c1-10(13-5-2-11(18)9-14(13)19)8-16(24)20-7-6-15-21-22-17(25)23(15)12-3-4-12/h2,5,8-9,12H,3-4,6-7H2,1H3,(H,20,24)(H,22,25). The van der Waals surface area contributed by atoms with Crippen molar-refractivity contribution in [1.29, 1.82) is 0 Å². The lowest BCUT2D eigenvalue weighted by molar-refractivity contribution is -0.116. The molecule has 1 amide bonds. The van der Waals surface area contributed by atoms with Gasteiger partial charge < -0.3 is 9.88 Å². The van der Waals surface area contributed by atoms with Crippen LogP contribution in [0, 0.1) is 16.4 Å².